The average Bonchev–Trinajstić information content (AvgIpc) is 2.78. The van der Waals surface area contributed by atoms with Gasteiger partial charge in [-0.25, -0.2) is 0 Å². The highest BCUT2D eigenvalue weighted by Crippen LogP contribution is 2.15. The number of carbonyl (C=O) groups is 1. The van der Waals surface area contributed by atoms with Crippen LogP contribution in [0.25, 0.3) is 0 Å². The van der Waals surface area contributed by atoms with E-state index < -0.39 is 0 Å². The number of aromatic hydroxyl groups is 1. The van der Waals surface area contributed by atoms with Gasteiger partial charge >= 0.3 is 0 Å². The fraction of sp³-hybridized carbons (Fsp3) is 0.231. The summed E-state index contributed by atoms with van der Waals surface area (Å²) in [6.45, 7) is 2.16. The van der Waals surface area contributed by atoms with Gasteiger partial charge in [-0.05, 0) is 25.0 Å². The minimum absolute atomic E-state index is 0.240. The van der Waals surface area contributed by atoms with Crippen LogP contribution in [0.2, 0.25) is 0 Å². The fourth-order valence-corrected chi connectivity index (χ4v) is 1.60. The Bertz CT molecular complexity index is 549. The number of hydrogen-bond acceptors (Lipinski definition) is 4. The topological polar surface area (TPSA) is 75.4 Å². The van der Waals surface area contributed by atoms with E-state index in [9.17, 15) is 9.90 Å². The minimum Gasteiger partial charge on any atom is -0.508 e. The molecule has 0 bridgehead atoms. The van der Waals surface area contributed by atoms with Gasteiger partial charge in [0.1, 0.15) is 11.5 Å². The van der Waals surface area contributed by atoms with Crippen LogP contribution in [0.4, 0.5) is 0 Å². The zero-order valence-electron chi connectivity index (χ0n) is 10.0. The van der Waals surface area contributed by atoms with Crippen LogP contribution >= 0.6 is 0 Å². The molecule has 94 valence electrons. The summed E-state index contributed by atoms with van der Waals surface area (Å²) in [5.41, 5.74) is 1.07. The summed E-state index contributed by atoms with van der Waals surface area (Å²) in [5.74, 6) is 0.562. The summed E-state index contributed by atoms with van der Waals surface area (Å²) >= 11 is 0. The van der Waals surface area contributed by atoms with Crippen LogP contribution in [0.1, 0.15) is 21.8 Å². The summed E-state index contributed by atoms with van der Waals surface area (Å²) in [6, 6.07) is 8.63. The van der Waals surface area contributed by atoms with Crippen LogP contribution in [-0.2, 0) is 6.42 Å². The van der Waals surface area contributed by atoms with Crippen LogP contribution in [0.15, 0.2) is 34.9 Å². The van der Waals surface area contributed by atoms with Gasteiger partial charge in [-0.3, -0.25) is 4.79 Å². The summed E-state index contributed by atoms with van der Waals surface area (Å²) in [7, 11) is 0. The molecule has 18 heavy (non-hydrogen) atoms. The molecular weight excluding hydrogens is 232 g/mol. The molecule has 2 aromatic rings. The molecule has 0 saturated carbocycles. The summed E-state index contributed by atoms with van der Waals surface area (Å²) in [4.78, 5) is 11.6. The number of carbonyl (C=O) groups excluding carboxylic acids is 1. The van der Waals surface area contributed by atoms with E-state index >= 15 is 0 Å². The molecule has 0 unspecified atom stereocenters. The molecule has 5 nitrogen and oxygen atoms in total. The second-order valence-electron chi connectivity index (χ2n) is 3.96. The molecule has 0 aliphatic carbocycles. The van der Waals surface area contributed by atoms with Gasteiger partial charge in [0.25, 0.3) is 5.91 Å². The molecule has 1 aromatic heterocycles. The third kappa shape index (κ3) is 2.88. The molecule has 0 saturated heterocycles. The smallest absolute Gasteiger partial charge is 0.273 e. The highest BCUT2D eigenvalue weighted by Gasteiger charge is 2.10. The molecule has 0 atom stereocenters. The summed E-state index contributed by atoms with van der Waals surface area (Å²) in [5, 5.41) is 15.9. The predicted octanol–water partition coefficient (Wildman–Crippen LogP) is 1.66. The molecule has 1 heterocycles. The van der Waals surface area contributed by atoms with Crippen LogP contribution in [-0.4, -0.2) is 22.7 Å². The Labute approximate surface area is 104 Å². The number of aromatic nitrogens is 1. The molecular formula is C13H14N2O3. The average molecular weight is 246 g/mol. The van der Waals surface area contributed by atoms with Crippen molar-refractivity contribution in [2.24, 2.45) is 0 Å². The van der Waals surface area contributed by atoms with Crippen molar-refractivity contribution in [1.82, 2.24) is 10.5 Å². The van der Waals surface area contributed by atoms with Crippen molar-refractivity contribution in [2.45, 2.75) is 13.3 Å². The molecule has 0 aliphatic heterocycles. The normalized spacial score (nSPS) is 10.3. The Hall–Kier alpha value is -2.30. The molecule has 2 rings (SSSR count). The van der Waals surface area contributed by atoms with Gasteiger partial charge < -0.3 is 14.9 Å². The highest BCUT2D eigenvalue weighted by molar-refractivity contribution is 5.92. The first kappa shape index (κ1) is 12.2. The first-order valence-electron chi connectivity index (χ1n) is 5.65. The molecule has 0 aliphatic rings. The Kier molecular flexibility index (Phi) is 3.62. The van der Waals surface area contributed by atoms with E-state index in [4.69, 9.17) is 4.52 Å². The number of para-hydroxylation sites is 1. The predicted molar refractivity (Wildman–Crippen MR) is 65.4 cm³/mol. The van der Waals surface area contributed by atoms with E-state index in [1.165, 1.54) is 0 Å². The third-order valence-corrected chi connectivity index (χ3v) is 2.53. The van der Waals surface area contributed by atoms with Gasteiger partial charge in [0.2, 0.25) is 0 Å². The van der Waals surface area contributed by atoms with Gasteiger partial charge in [-0.1, -0.05) is 23.4 Å². The lowest BCUT2D eigenvalue weighted by atomic mass is 10.1. The molecule has 0 spiro atoms. The van der Waals surface area contributed by atoms with Crippen molar-refractivity contribution in [2.75, 3.05) is 6.54 Å². The number of nitrogens with one attached hydrogen (secondary N) is 1. The van der Waals surface area contributed by atoms with Crippen molar-refractivity contribution in [1.29, 1.82) is 0 Å². The Morgan fingerprint density at radius 3 is 2.89 bits per heavy atom. The minimum atomic E-state index is -0.276. The van der Waals surface area contributed by atoms with E-state index in [1.807, 2.05) is 12.1 Å². The van der Waals surface area contributed by atoms with Crippen molar-refractivity contribution in [3.05, 3.63) is 47.3 Å². The number of amides is 1. The standard InChI is InChI=1S/C13H14N2O3/c1-9-8-11(15-18-9)13(17)14-7-6-10-4-2-3-5-12(10)16/h2-5,8,16H,6-7H2,1H3,(H,14,17). The third-order valence-electron chi connectivity index (χ3n) is 2.53. The van der Waals surface area contributed by atoms with E-state index in [-0.39, 0.29) is 17.4 Å². The number of hydrogen-bond donors (Lipinski definition) is 2. The summed E-state index contributed by atoms with van der Waals surface area (Å²) in [6.07, 6.45) is 0.565. The number of aryl methyl sites for hydroxylation is 1. The maximum atomic E-state index is 11.6. The van der Waals surface area contributed by atoms with Crippen LogP contribution in [0, 0.1) is 6.92 Å². The molecule has 0 radical (unpaired) electrons. The monoisotopic (exact) mass is 246 g/mol. The molecule has 1 amide bonds. The quantitative estimate of drug-likeness (QED) is 0.860. The second-order valence-corrected chi connectivity index (χ2v) is 3.96. The number of nitrogens with zero attached hydrogens (tertiary/aromatic N) is 1. The molecule has 5 heteroatoms. The van der Waals surface area contributed by atoms with Gasteiger partial charge in [0.15, 0.2) is 5.69 Å². The largest absolute Gasteiger partial charge is 0.508 e. The number of benzene rings is 1. The fourth-order valence-electron chi connectivity index (χ4n) is 1.60. The first-order chi connectivity index (χ1) is 8.66. The van der Waals surface area contributed by atoms with E-state index in [0.717, 1.165) is 5.56 Å². The number of phenolic OH excluding ortho intramolecular Hbond substituents is 1. The second kappa shape index (κ2) is 5.35. The van der Waals surface area contributed by atoms with Crippen LogP contribution < -0.4 is 5.32 Å². The van der Waals surface area contributed by atoms with Gasteiger partial charge in [0.05, 0.1) is 0 Å². The lowest BCUT2D eigenvalue weighted by molar-refractivity contribution is 0.0945. The number of phenols is 1. The lowest BCUT2D eigenvalue weighted by Crippen LogP contribution is -2.25. The van der Waals surface area contributed by atoms with E-state index in [2.05, 4.69) is 10.5 Å². The SMILES string of the molecule is Cc1cc(C(=O)NCCc2ccccc2O)no1. The maximum absolute atomic E-state index is 11.6. The first-order valence-corrected chi connectivity index (χ1v) is 5.65. The Morgan fingerprint density at radius 1 is 1.44 bits per heavy atom. The summed E-state index contributed by atoms with van der Waals surface area (Å²) < 4.78 is 4.82. The van der Waals surface area contributed by atoms with Crippen molar-refractivity contribution in [3.8, 4) is 5.75 Å². The van der Waals surface area contributed by atoms with Crippen molar-refractivity contribution >= 4 is 5.91 Å². The molecule has 0 fully saturated rings. The highest BCUT2D eigenvalue weighted by atomic mass is 16.5. The zero-order valence-corrected chi connectivity index (χ0v) is 10.0. The van der Waals surface area contributed by atoms with E-state index in [1.54, 1.807) is 25.1 Å². The molecule has 1 aromatic carbocycles. The van der Waals surface area contributed by atoms with Crippen molar-refractivity contribution in [3.63, 3.8) is 0 Å². The molecule has 2 N–H and O–H groups in total. The van der Waals surface area contributed by atoms with Crippen LogP contribution in [0.3, 0.4) is 0 Å². The maximum Gasteiger partial charge on any atom is 0.273 e. The Morgan fingerprint density at radius 2 is 2.22 bits per heavy atom. The Balaban J connectivity index is 1.86. The lowest BCUT2D eigenvalue weighted by Gasteiger charge is -2.04. The van der Waals surface area contributed by atoms with Crippen molar-refractivity contribution < 1.29 is 14.4 Å². The number of rotatable bonds is 4. The van der Waals surface area contributed by atoms with E-state index in [0.29, 0.717) is 18.7 Å². The van der Waals surface area contributed by atoms with Gasteiger partial charge in [-0.15, -0.1) is 0 Å². The van der Waals surface area contributed by atoms with Gasteiger partial charge in [0, 0.05) is 12.6 Å². The van der Waals surface area contributed by atoms with Gasteiger partial charge in [-0.2, -0.15) is 0 Å². The van der Waals surface area contributed by atoms with Crippen LogP contribution in [0.5, 0.6) is 5.75 Å². The zero-order chi connectivity index (χ0) is 13.0.